The zero-order chi connectivity index (χ0) is 44.0. The Labute approximate surface area is 370 Å². The molecule has 0 bridgehead atoms. The van der Waals surface area contributed by atoms with Crippen molar-refractivity contribution in [1.29, 1.82) is 0 Å². The summed E-state index contributed by atoms with van der Waals surface area (Å²) in [6.45, 7) is 13.4. The maximum atomic E-state index is 12.0. The monoisotopic (exact) mass is 1010 g/mol. The molecule has 314 valence electrons. The van der Waals surface area contributed by atoms with Crippen molar-refractivity contribution < 1.29 is 43.5 Å². The standard InChI is InChI=1S/2C21H21P.C8H3F6.BrH.Pd/c2*1-16-10-4-7-13-19(16)22(20-14-8-5-11-17(20)2)21-15-9-6-12-18(21)3;9-7(10,11)5-2-1-3-6(4-5)8(12,13)14;;/h2*4-15H,1-3H3;2-4H;1H;/q;;-1;;+2/p+1. The molecule has 0 nitrogen and oxygen atoms in total. The van der Waals surface area contributed by atoms with E-state index in [4.69, 9.17) is 0 Å². The minimum absolute atomic E-state index is 0.0521. The van der Waals surface area contributed by atoms with E-state index in [-0.39, 0.29) is 6.07 Å². The zero-order valence-electron chi connectivity index (χ0n) is 34.1. The molecule has 0 atom stereocenters. The fourth-order valence-electron chi connectivity index (χ4n) is 6.79. The molecule has 0 aliphatic heterocycles. The Morgan fingerprint density at radius 3 is 0.717 bits per heavy atom. The van der Waals surface area contributed by atoms with Crippen LogP contribution in [0.4, 0.5) is 26.3 Å². The molecule has 0 aliphatic rings. The summed E-state index contributed by atoms with van der Waals surface area (Å²) < 4.78 is 71.8. The first kappa shape index (κ1) is 48.8. The van der Waals surface area contributed by atoms with Gasteiger partial charge >= 0.3 is 43.0 Å². The van der Waals surface area contributed by atoms with Crippen LogP contribution in [0.15, 0.2) is 164 Å². The predicted octanol–water partition coefficient (Wildman–Crippen LogP) is 12.6. The maximum absolute atomic E-state index is 12.0. The van der Waals surface area contributed by atoms with Gasteiger partial charge in [-0.15, -0.1) is 6.07 Å². The van der Waals surface area contributed by atoms with Crippen molar-refractivity contribution in [3.05, 3.63) is 214 Å². The Hall–Kier alpha value is -3.88. The van der Waals surface area contributed by atoms with Gasteiger partial charge in [-0.3, -0.25) is 0 Å². The third-order valence-electron chi connectivity index (χ3n) is 9.93. The average molecular weight is 1010 g/mol. The molecule has 0 aliphatic carbocycles. The first-order valence-corrected chi connectivity index (χ1v) is 25.5. The molecular formula is C50H47BrF6P2Pd+2. The van der Waals surface area contributed by atoms with Gasteiger partial charge in [0, 0.05) is 0 Å². The van der Waals surface area contributed by atoms with E-state index in [0.29, 0.717) is 12.1 Å². The molecule has 0 fully saturated rings. The summed E-state index contributed by atoms with van der Waals surface area (Å²) in [7, 11) is -1.94. The van der Waals surface area contributed by atoms with Crippen LogP contribution in [0, 0.1) is 47.6 Å². The molecule has 0 heterocycles. The zero-order valence-corrected chi connectivity index (χ0v) is 39.2. The van der Waals surface area contributed by atoms with E-state index in [0.717, 1.165) is 0 Å². The summed E-state index contributed by atoms with van der Waals surface area (Å²) in [5.41, 5.74) is 5.64. The summed E-state index contributed by atoms with van der Waals surface area (Å²) in [5.74, 6) is 0. The summed E-state index contributed by atoms with van der Waals surface area (Å²) in [6.07, 6.45) is -9.56. The molecule has 7 rings (SSSR count). The first-order valence-electron chi connectivity index (χ1n) is 18.9. The molecule has 7 aromatic carbocycles. The second-order valence-electron chi connectivity index (χ2n) is 14.1. The Balaban J connectivity index is 0.000000200. The van der Waals surface area contributed by atoms with Crippen LogP contribution < -0.4 is 31.8 Å². The topological polar surface area (TPSA) is 0 Å². The predicted molar refractivity (Wildman–Crippen MR) is 246 cm³/mol. The summed E-state index contributed by atoms with van der Waals surface area (Å²) in [5, 5.41) is 8.98. The molecule has 0 spiro atoms. The van der Waals surface area contributed by atoms with Crippen LogP contribution >= 0.6 is 29.3 Å². The van der Waals surface area contributed by atoms with Gasteiger partial charge in [-0.05, 0) is 111 Å². The molecular weight excluding hydrogens is 963 g/mol. The van der Waals surface area contributed by atoms with Crippen molar-refractivity contribution >= 4 is 61.1 Å². The number of hydrogen-bond donors (Lipinski definition) is 0. The van der Waals surface area contributed by atoms with E-state index in [1.165, 1.54) is 65.2 Å². The van der Waals surface area contributed by atoms with Crippen LogP contribution in [0.5, 0.6) is 0 Å². The van der Waals surface area contributed by atoms with Gasteiger partial charge in [-0.25, -0.2) is 0 Å². The first-order chi connectivity index (χ1) is 28.6. The van der Waals surface area contributed by atoms with Crippen LogP contribution in [0.25, 0.3) is 0 Å². The molecule has 0 aromatic heterocycles. The molecule has 0 saturated heterocycles. The Bertz CT molecular complexity index is 2060. The van der Waals surface area contributed by atoms with E-state index in [1.807, 2.05) is 0 Å². The van der Waals surface area contributed by atoms with Gasteiger partial charge in [-0.2, -0.15) is 44.5 Å². The Morgan fingerprint density at radius 2 is 0.550 bits per heavy atom. The van der Waals surface area contributed by atoms with E-state index >= 15 is 0 Å². The molecule has 7 aromatic rings. The van der Waals surface area contributed by atoms with Crippen LogP contribution in [0.3, 0.4) is 0 Å². The number of hydrogen-bond acceptors (Lipinski definition) is 0. The van der Waals surface area contributed by atoms with Crippen molar-refractivity contribution in [3.8, 4) is 0 Å². The number of benzene rings is 7. The quantitative estimate of drug-likeness (QED) is 0.0674. The van der Waals surface area contributed by atoms with Crippen molar-refractivity contribution in [3.63, 3.8) is 0 Å². The summed E-state index contributed by atoms with van der Waals surface area (Å²) in [4.78, 5) is 0. The molecule has 0 radical (unpaired) electrons. The van der Waals surface area contributed by atoms with E-state index in [9.17, 15) is 26.3 Å². The Morgan fingerprint density at radius 1 is 0.367 bits per heavy atom. The van der Waals surface area contributed by atoms with Gasteiger partial charge in [-0.1, -0.05) is 120 Å². The fourth-order valence-corrected chi connectivity index (χ4v) is 13.0. The molecule has 0 N–H and O–H groups in total. The Kier molecular flexibility index (Phi) is 18.6. The van der Waals surface area contributed by atoms with Gasteiger partial charge < -0.3 is 0 Å². The van der Waals surface area contributed by atoms with Crippen LogP contribution in [0.1, 0.15) is 44.5 Å². The number of aryl methyl sites for hydroxylation is 6. The molecule has 0 saturated carbocycles. The second kappa shape index (κ2) is 22.8. The van der Waals surface area contributed by atoms with Gasteiger partial charge in [0.2, 0.25) is 0 Å². The van der Waals surface area contributed by atoms with Gasteiger partial charge in [0.05, 0.1) is 15.8 Å². The van der Waals surface area contributed by atoms with E-state index in [2.05, 4.69) is 218 Å². The minimum atomic E-state index is -4.78. The van der Waals surface area contributed by atoms with Crippen molar-refractivity contribution in [2.45, 2.75) is 53.9 Å². The second-order valence-corrected chi connectivity index (χ2v) is 18.9. The van der Waals surface area contributed by atoms with Gasteiger partial charge in [0.15, 0.2) is 0 Å². The van der Waals surface area contributed by atoms with Gasteiger partial charge in [0.1, 0.15) is 31.8 Å². The average Bonchev–Trinajstić information content (AvgIpc) is 3.23. The van der Waals surface area contributed by atoms with Gasteiger partial charge in [0.25, 0.3) is 0 Å². The summed E-state index contributed by atoms with van der Waals surface area (Å²) >= 11 is 5.35. The van der Waals surface area contributed by atoms with Crippen LogP contribution in [-0.4, -0.2) is 0 Å². The molecule has 0 amide bonds. The van der Waals surface area contributed by atoms with E-state index < -0.39 is 39.3 Å². The number of rotatable bonds is 6. The van der Waals surface area contributed by atoms with Crippen molar-refractivity contribution in [1.82, 2.24) is 0 Å². The fraction of sp³-hybridized carbons (Fsp3) is 0.160. The van der Waals surface area contributed by atoms with Crippen molar-refractivity contribution in [2.24, 2.45) is 0 Å². The molecule has 60 heavy (non-hydrogen) atoms. The third kappa shape index (κ3) is 13.1. The number of alkyl halides is 6. The van der Waals surface area contributed by atoms with Crippen LogP contribution in [0.2, 0.25) is 0 Å². The normalized spacial score (nSPS) is 11.2. The number of halogens is 7. The third-order valence-corrected chi connectivity index (χ3v) is 16.5. The summed E-state index contributed by atoms with van der Waals surface area (Å²) in [6, 6.07) is 55.9. The molecule has 10 heteroatoms. The van der Waals surface area contributed by atoms with E-state index in [1.54, 1.807) is 6.07 Å². The SMILES string of the molecule is Cc1ccccc1[PH+](c1ccccc1C)c1ccccc1C.Cc1ccccc1[PH+](c1ccccc1C)c1ccccc1C.FC(F)(F)c1c[c-]cc(C(F)(F)F)c1.[Br][Pd+]. The van der Waals surface area contributed by atoms with Crippen molar-refractivity contribution in [2.75, 3.05) is 0 Å². The van der Waals surface area contributed by atoms with Crippen LogP contribution in [-0.2, 0) is 29.5 Å². The molecule has 0 unspecified atom stereocenters.